The van der Waals surface area contributed by atoms with E-state index in [0.717, 1.165) is 22.6 Å². The van der Waals surface area contributed by atoms with Gasteiger partial charge in [-0.25, -0.2) is 4.39 Å². The summed E-state index contributed by atoms with van der Waals surface area (Å²) in [7, 11) is 0. The van der Waals surface area contributed by atoms with Gasteiger partial charge in [-0.05, 0) is 79.2 Å². The van der Waals surface area contributed by atoms with Crippen molar-refractivity contribution in [3.63, 3.8) is 0 Å². The molecule has 1 aliphatic rings. The Hall–Kier alpha value is -3.90. The third kappa shape index (κ3) is 4.64. The van der Waals surface area contributed by atoms with Crippen LogP contribution in [0.2, 0.25) is 5.02 Å². The zero-order chi connectivity index (χ0) is 25.2. The molecule has 1 saturated heterocycles. The fraction of sp³-hybridized carbons (Fsp3) is 0.172. The predicted molar refractivity (Wildman–Crippen MR) is 139 cm³/mol. The molecule has 0 N–H and O–H groups in total. The average molecular weight is 502 g/mol. The van der Waals surface area contributed by atoms with Crippen LogP contribution < -0.4 is 0 Å². The van der Waals surface area contributed by atoms with E-state index in [0.29, 0.717) is 42.3 Å². The van der Waals surface area contributed by atoms with Crippen molar-refractivity contribution >= 4 is 23.4 Å². The van der Waals surface area contributed by atoms with Crippen LogP contribution in [0.1, 0.15) is 26.4 Å². The smallest absolute Gasteiger partial charge is 0.255 e. The van der Waals surface area contributed by atoms with Gasteiger partial charge < -0.3 is 14.4 Å². The highest BCUT2D eigenvalue weighted by Crippen LogP contribution is 2.30. The number of rotatable bonds is 4. The topological polar surface area (TPSA) is 45.6 Å². The van der Waals surface area contributed by atoms with E-state index in [9.17, 15) is 14.0 Å². The minimum atomic E-state index is -0.310. The van der Waals surface area contributed by atoms with Crippen molar-refractivity contribution in [3.8, 4) is 16.9 Å². The van der Waals surface area contributed by atoms with E-state index in [-0.39, 0.29) is 17.6 Å². The molecular weight excluding hydrogens is 477 g/mol. The molecule has 0 saturated carbocycles. The number of hydrogen-bond acceptors (Lipinski definition) is 2. The van der Waals surface area contributed by atoms with E-state index >= 15 is 0 Å². The summed E-state index contributed by atoms with van der Waals surface area (Å²) in [6.45, 7) is 3.72. The van der Waals surface area contributed by atoms with Crippen LogP contribution in [-0.2, 0) is 0 Å². The number of carbonyl (C=O) groups excluding carboxylic acids is 2. The van der Waals surface area contributed by atoms with Gasteiger partial charge in [0.05, 0.1) is 11.3 Å². The van der Waals surface area contributed by atoms with E-state index in [1.165, 1.54) is 12.1 Å². The Balaban J connectivity index is 1.40. The van der Waals surface area contributed by atoms with Gasteiger partial charge in [0.1, 0.15) is 5.82 Å². The molecule has 3 aromatic carbocycles. The number of para-hydroxylation sites is 1. The quantitative estimate of drug-likeness (QED) is 0.352. The summed E-state index contributed by atoms with van der Waals surface area (Å²) in [4.78, 5) is 30.0. The lowest BCUT2D eigenvalue weighted by Gasteiger charge is -2.35. The van der Waals surface area contributed by atoms with Gasteiger partial charge in [0.15, 0.2) is 0 Å². The molecule has 4 aromatic rings. The molecule has 36 heavy (non-hydrogen) atoms. The zero-order valence-electron chi connectivity index (χ0n) is 19.8. The van der Waals surface area contributed by atoms with E-state index < -0.39 is 0 Å². The average Bonchev–Trinajstić information content (AvgIpc) is 3.26. The number of carbonyl (C=O) groups is 2. The van der Waals surface area contributed by atoms with Gasteiger partial charge in [-0.3, -0.25) is 9.59 Å². The second-order valence-corrected chi connectivity index (χ2v) is 9.23. The number of aromatic nitrogens is 1. The van der Waals surface area contributed by atoms with Crippen molar-refractivity contribution in [1.82, 2.24) is 14.4 Å². The van der Waals surface area contributed by atoms with Crippen LogP contribution in [0.15, 0.2) is 84.9 Å². The second-order valence-electron chi connectivity index (χ2n) is 8.80. The van der Waals surface area contributed by atoms with Crippen LogP contribution in [0.3, 0.4) is 0 Å². The molecule has 0 bridgehead atoms. The molecule has 1 fully saturated rings. The molecule has 7 heteroatoms. The first-order valence-electron chi connectivity index (χ1n) is 11.8. The third-order valence-corrected chi connectivity index (χ3v) is 6.83. The van der Waals surface area contributed by atoms with Crippen LogP contribution in [0.25, 0.3) is 16.9 Å². The summed E-state index contributed by atoms with van der Waals surface area (Å²) in [5.41, 5.74) is 4.55. The SMILES string of the molecule is Cc1c(C(=O)N2CCN(C(=O)c3ccc(Cl)cc3)CC2)cc(-c2ccc(F)cc2)n1-c1ccccc1. The summed E-state index contributed by atoms with van der Waals surface area (Å²) in [6.07, 6.45) is 0. The maximum Gasteiger partial charge on any atom is 0.255 e. The van der Waals surface area contributed by atoms with E-state index in [1.807, 2.05) is 47.9 Å². The first-order valence-corrected chi connectivity index (χ1v) is 12.2. The van der Waals surface area contributed by atoms with Crippen LogP contribution in [0.4, 0.5) is 4.39 Å². The Kier molecular flexibility index (Phi) is 6.61. The predicted octanol–water partition coefficient (Wildman–Crippen LogP) is 5.84. The summed E-state index contributed by atoms with van der Waals surface area (Å²) >= 11 is 5.94. The largest absolute Gasteiger partial charge is 0.335 e. The van der Waals surface area contributed by atoms with Crippen molar-refractivity contribution in [2.75, 3.05) is 26.2 Å². The maximum absolute atomic E-state index is 13.6. The molecule has 2 heterocycles. The molecule has 1 aliphatic heterocycles. The Labute approximate surface area is 214 Å². The van der Waals surface area contributed by atoms with Gasteiger partial charge in [-0.2, -0.15) is 0 Å². The molecule has 5 nitrogen and oxygen atoms in total. The Morgan fingerprint density at radius 1 is 0.778 bits per heavy atom. The fourth-order valence-corrected chi connectivity index (χ4v) is 4.75. The van der Waals surface area contributed by atoms with Crippen molar-refractivity contribution in [1.29, 1.82) is 0 Å². The highest BCUT2D eigenvalue weighted by Gasteiger charge is 2.28. The van der Waals surface area contributed by atoms with Crippen LogP contribution in [0.5, 0.6) is 0 Å². The summed E-state index contributed by atoms with van der Waals surface area (Å²) < 4.78 is 15.6. The first-order chi connectivity index (χ1) is 17.4. The Morgan fingerprint density at radius 3 is 1.97 bits per heavy atom. The van der Waals surface area contributed by atoms with E-state index in [2.05, 4.69) is 0 Å². The lowest BCUT2D eigenvalue weighted by atomic mass is 10.1. The molecule has 5 rings (SSSR count). The standard InChI is InChI=1S/C29H25ClFN3O2/c1-20-26(19-27(21-9-13-24(31)14-10-21)34(20)25-5-3-2-4-6-25)29(36)33-17-15-32(16-18-33)28(35)22-7-11-23(30)12-8-22/h2-14,19H,15-18H2,1H3. The second kappa shape index (κ2) is 9.99. The Bertz CT molecular complexity index is 1390. The molecule has 1 aromatic heterocycles. The summed E-state index contributed by atoms with van der Waals surface area (Å²) in [6, 6.07) is 24.8. The molecule has 0 atom stereocenters. The number of benzene rings is 3. The summed E-state index contributed by atoms with van der Waals surface area (Å²) in [5.74, 6) is -0.455. The first kappa shape index (κ1) is 23.8. The molecule has 0 spiro atoms. The highest BCUT2D eigenvalue weighted by atomic mass is 35.5. The molecule has 2 amide bonds. The fourth-order valence-electron chi connectivity index (χ4n) is 4.62. The van der Waals surface area contributed by atoms with Crippen molar-refractivity contribution in [2.24, 2.45) is 0 Å². The van der Waals surface area contributed by atoms with Crippen molar-refractivity contribution in [2.45, 2.75) is 6.92 Å². The van der Waals surface area contributed by atoms with Crippen LogP contribution in [0, 0.1) is 12.7 Å². The van der Waals surface area contributed by atoms with Gasteiger partial charge in [0.2, 0.25) is 0 Å². The van der Waals surface area contributed by atoms with Crippen LogP contribution in [-0.4, -0.2) is 52.4 Å². The number of halogens is 2. The van der Waals surface area contributed by atoms with Crippen LogP contribution >= 0.6 is 11.6 Å². The minimum Gasteiger partial charge on any atom is -0.335 e. The van der Waals surface area contributed by atoms with Gasteiger partial charge in [0.25, 0.3) is 11.8 Å². The molecule has 0 aliphatic carbocycles. The van der Waals surface area contributed by atoms with Gasteiger partial charge in [-0.1, -0.05) is 29.8 Å². The van der Waals surface area contributed by atoms with E-state index in [1.54, 1.807) is 46.2 Å². The van der Waals surface area contributed by atoms with Crippen molar-refractivity contribution in [3.05, 3.63) is 113 Å². The molecule has 182 valence electrons. The maximum atomic E-state index is 13.6. The zero-order valence-corrected chi connectivity index (χ0v) is 20.6. The van der Waals surface area contributed by atoms with Gasteiger partial charge >= 0.3 is 0 Å². The molecule has 0 unspecified atom stereocenters. The Morgan fingerprint density at radius 2 is 1.36 bits per heavy atom. The van der Waals surface area contributed by atoms with Crippen molar-refractivity contribution < 1.29 is 14.0 Å². The molecule has 0 radical (unpaired) electrons. The number of nitrogens with zero attached hydrogens (tertiary/aromatic N) is 3. The van der Waals surface area contributed by atoms with Gasteiger partial charge in [-0.15, -0.1) is 0 Å². The lowest BCUT2D eigenvalue weighted by Crippen LogP contribution is -2.50. The highest BCUT2D eigenvalue weighted by molar-refractivity contribution is 6.30. The normalized spacial score (nSPS) is 13.6. The number of hydrogen-bond donors (Lipinski definition) is 0. The number of amides is 2. The van der Waals surface area contributed by atoms with Gasteiger partial charge in [0, 0.05) is 48.1 Å². The monoisotopic (exact) mass is 501 g/mol. The number of piperazine rings is 1. The lowest BCUT2D eigenvalue weighted by molar-refractivity contribution is 0.0535. The third-order valence-electron chi connectivity index (χ3n) is 6.58. The summed E-state index contributed by atoms with van der Waals surface area (Å²) in [5, 5.41) is 0.583. The molecular formula is C29H25ClFN3O2. The van der Waals surface area contributed by atoms with E-state index in [4.69, 9.17) is 11.6 Å². The minimum absolute atomic E-state index is 0.0660.